The maximum atomic E-state index is 12.9. The average Bonchev–Trinajstić information content (AvgIpc) is 3.03. The second-order valence-corrected chi connectivity index (χ2v) is 7.33. The molecule has 1 aromatic heterocycles. The first kappa shape index (κ1) is 21.6. The number of aliphatic hydroxyl groups is 1. The Bertz CT molecular complexity index is 924. The second kappa shape index (κ2) is 10.1. The van der Waals surface area contributed by atoms with Crippen LogP contribution in [-0.4, -0.2) is 39.8 Å². The molecule has 1 N–H and O–H groups in total. The molecular formula is C24H28N2O4. The van der Waals surface area contributed by atoms with Crippen molar-refractivity contribution in [3.05, 3.63) is 65.5 Å². The summed E-state index contributed by atoms with van der Waals surface area (Å²) in [6.45, 7) is 5.09. The monoisotopic (exact) mass is 408 g/mol. The summed E-state index contributed by atoms with van der Waals surface area (Å²) in [5.74, 6) is -0.877. The van der Waals surface area contributed by atoms with E-state index < -0.39 is 17.7 Å². The van der Waals surface area contributed by atoms with Crippen LogP contribution in [0.1, 0.15) is 56.8 Å². The summed E-state index contributed by atoms with van der Waals surface area (Å²) < 4.78 is 5.65. The number of ether oxygens (including phenoxy) is 1. The predicted molar refractivity (Wildman–Crippen MR) is 115 cm³/mol. The van der Waals surface area contributed by atoms with Crippen molar-refractivity contribution in [3.8, 4) is 5.75 Å². The lowest BCUT2D eigenvalue weighted by Gasteiger charge is -2.24. The molecule has 1 saturated heterocycles. The van der Waals surface area contributed by atoms with Crippen LogP contribution in [0, 0.1) is 0 Å². The van der Waals surface area contributed by atoms with Gasteiger partial charge in [0.15, 0.2) is 0 Å². The second-order valence-electron chi connectivity index (χ2n) is 7.33. The molecule has 0 saturated carbocycles. The lowest BCUT2D eigenvalue weighted by molar-refractivity contribution is -0.140. The van der Waals surface area contributed by atoms with Crippen molar-refractivity contribution in [1.29, 1.82) is 0 Å². The number of carbonyl (C=O) groups is 2. The molecular weight excluding hydrogens is 380 g/mol. The van der Waals surface area contributed by atoms with E-state index >= 15 is 0 Å². The fourth-order valence-electron chi connectivity index (χ4n) is 3.60. The third kappa shape index (κ3) is 4.53. The first-order valence-corrected chi connectivity index (χ1v) is 10.5. The minimum atomic E-state index is -0.705. The van der Waals surface area contributed by atoms with Gasteiger partial charge in [-0.05, 0) is 37.1 Å². The molecule has 1 fully saturated rings. The summed E-state index contributed by atoms with van der Waals surface area (Å²) in [6.07, 6.45) is 5.23. The Morgan fingerprint density at radius 3 is 2.63 bits per heavy atom. The Balaban J connectivity index is 2.05. The number of ketones is 1. The Morgan fingerprint density at radius 1 is 1.10 bits per heavy atom. The van der Waals surface area contributed by atoms with Crippen molar-refractivity contribution < 1.29 is 19.4 Å². The molecule has 1 unspecified atom stereocenters. The van der Waals surface area contributed by atoms with Gasteiger partial charge in [-0.25, -0.2) is 0 Å². The topological polar surface area (TPSA) is 79.7 Å². The van der Waals surface area contributed by atoms with Crippen molar-refractivity contribution >= 4 is 17.4 Å². The summed E-state index contributed by atoms with van der Waals surface area (Å²) in [5.41, 5.74) is 1.08. The summed E-state index contributed by atoms with van der Waals surface area (Å²) >= 11 is 0. The third-order valence-electron chi connectivity index (χ3n) is 5.09. The number of carbonyl (C=O) groups excluding carboxylic acids is 2. The Morgan fingerprint density at radius 2 is 1.93 bits per heavy atom. The van der Waals surface area contributed by atoms with Crippen molar-refractivity contribution in [2.75, 3.05) is 13.2 Å². The van der Waals surface area contributed by atoms with Crippen LogP contribution in [0.4, 0.5) is 0 Å². The lowest BCUT2D eigenvalue weighted by atomic mass is 9.98. The van der Waals surface area contributed by atoms with Crippen LogP contribution < -0.4 is 4.74 Å². The molecule has 158 valence electrons. The molecule has 1 aliphatic heterocycles. The Kier molecular flexibility index (Phi) is 7.22. The van der Waals surface area contributed by atoms with Gasteiger partial charge in [0, 0.05) is 18.3 Å². The van der Waals surface area contributed by atoms with E-state index in [1.54, 1.807) is 42.6 Å². The molecule has 30 heavy (non-hydrogen) atoms. The van der Waals surface area contributed by atoms with Gasteiger partial charge in [0.05, 0.1) is 17.9 Å². The van der Waals surface area contributed by atoms with E-state index in [1.807, 2.05) is 13.0 Å². The van der Waals surface area contributed by atoms with Gasteiger partial charge < -0.3 is 14.7 Å². The van der Waals surface area contributed by atoms with Crippen molar-refractivity contribution in [3.63, 3.8) is 0 Å². The molecule has 1 atom stereocenters. The zero-order valence-electron chi connectivity index (χ0n) is 17.5. The Labute approximate surface area is 177 Å². The molecule has 2 heterocycles. The first-order chi connectivity index (χ1) is 14.6. The molecule has 0 radical (unpaired) electrons. The van der Waals surface area contributed by atoms with Crippen molar-refractivity contribution in [1.82, 2.24) is 9.88 Å². The summed E-state index contributed by atoms with van der Waals surface area (Å²) in [7, 11) is 0. The van der Waals surface area contributed by atoms with Gasteiger partial charge in [-0.3, -0.25) is 14.6 Å². The number of aliphatic hydroxyl groups excluding tert-OH is 1. The molecule has 6 nitrogen and oxygen atoms in total. The highest BCUT2D eigenvalue weighted by molar-refractivity contribution is 6.46. The van der Waals surface area contributed by atoms with Gasteiger partial charge in [0.1, 0.15) is 17.6 Å². The zero-order chi connectivity index (χ0) is 21.5. The number of amides is 1. The molecule has 0 spiro atoms. The zero-order valence-corrected chi connectivity index (χ0v) is 17.5. The highest BCUT2D eigenvalue weighted by atomic mass is 16.5. The first-order valence-electron chi connectivity index (χ1n) is 10.5. The summed E-state index contributed by atoms with van der Waals surface area (Å²) in [5, 5.41) is 11.1. The number of unbranched alkanes of at least 4 members (excludes halogenated alkanes) is 2. The molecule has 1 aromatic carbocycles. The number of pyridine rings is 1. The van der Waals surface area contributed by atoms with Gasteiger partial charge in [0.25, 0.3) is 11.7 Å². The van der Waals surface area contributed by atoms with E-state index in [4.69, 9.17) is 4.74 Å². The highest BCUT2D eigenvalue weighted by Crippen LogP contribution is 2.39. The molecule has 0 bridgehead atoms. The maximum absolute atomic E-state index is 12.9. The SMILES string of the molecule is CCCCCN1C(=O)C(=O)/C(=C(\O)c2cccc(OCCC)c2)C1c1ccccn1. The standard InChI is InChI=1S/C24H28N2O4/c1-3-5-8-14-26-21(19-12-6-7-13-25-19)20(23(28)24(26)29)22(27)17-10-9-11-18(16-17)30-15-4-2/h6-7,9-13,16,21,27H,3-5,8,14-15H2,1-2H3/b22-20-. The van der Waals surface area contributed by atoms with Crippen molar-refractivity contribution in [2.45, 2.75) is 45.6 Å². The summed E-state index contributed by atoms with van der Waals surface area (Å²) in [4.78, 5) is 31.7. The number of Topliss-reactive ketones (excluding diaryl/α,β-unsaturated/α-hetero) is 1. The number of benzene rings is 1. The Hall–Kier alpha value is -3.15. The molecule has 3 rings (SSSR count). The van der Waals surface area contributed by atoms with Crippen LogP contribution in [0.25, 0.3) is 5.76 Å². The fraction of sp³-hybridized carbons (Fsp3) is 0.375. The number of likely N-dealkylation sites (tertiary alicyclic amines) is 1. The summed E-state index contributed by atoms with van der Waals surface area (Å²) in [6, 6.07) is 11.6. The normalized spacial score (nSPS) is 18.1. The smallest absolute Gasteiger partial charge is 0.295 e. The van der Waals surface area contributed by atoms with Gasteiger partial charge in [0.2, 0.25) is 0 Å². The number of hydrogen-bond donors (Lipinski definition) is 1. The number of nitrogens with zero attached hydrogens (tertiary/aromatic N) is 2. The van der Waals surface area contributed by atoms with Crippen LogP contribution in [0.15, 0.2) is 54.2 Å². The molecule has 1 aliphatic rings. The lowest BCUT2D eigenvalue weighted by Crippen LogP contribution is -2.31. The van der Waals surface area contributed by atoms with E-state index in [1.165, 1.54) is 4.90 Å². The average molecular weight is 408 g/mol. The van der Waals surface area contributed by atoms with E-state index in [0.29, 0.717) is 30.2 Å². The van der Waals surface area contributed by atoms with E-state index in [9.17, 15) is 14.7 Å². The molecule has 6 heteroatoms. The number of hydrogen-bond acceptors (Lipinski definition) is 5. The van der Waals surface area contributed by atoms with Crippen LogP contribution in [0.5, 0.6) is 5.75 Å². The maximum Gasteiger partial charge on any atom is 0.295 e. The van der Waals surface area contributed by atoms with Crippen molar-refractivity contribution in [2.24, 2.45) is 0 Å². The molecule has 1 amide bonds. The van der Waals surface area contributed by atoms with Crippen LogP contribution in [0.2, 0.25) is 0 Å². The van der Waals surface area contributed by atoms with Gasteiger partial charge in [-0.15, -0.1) is 0 Å². The van der Waals surface area contributed by atoms with Crippen LogP contribution in [0.3, 0.4) is 0 Å². The van der Waals surface area contributed by atoms with E-state index in [0.717, 1.165) is 25.7 Å². The van der Waals surface area contributed by atoms with Crippen LogP contribution in [-0.2, 0) is 9.59 Å². The number of aromatic nitrogens is 1. The minimum Gasteiger partial charge on any atom is -0.507 e. The highest BCUT2D eigenvalue weighted by Gasteiger charge is 2.46. The van der Waals surface area contributed by atoms with Gasteiger partial charge >= 0.3 is 0 Å². The van der Waals surface area contributed by atoms with E-state index in [-0.39, 0.29) is 11.3 Å². The third-order valence-corrected chi connectivity index (χ3v) is 5.09. The quantitative estimate of drug-likeness (QED) is 0.286. The van der Waals surface area contributed by atoms with Gasteiger partial charge in [-0.2, -0.15) is 0 Å². The largest absolute Gasteiger partial charge is 0.507 e. The minimum absolute atomic E-state index is 0.0721. The molecule has 0 aliphatic carbocycles. The fourth-order valence-corrected chi connectivity index (χ4v) is 3.60. The van der Waals surface area contributed by atoms with Crippen LogP contribution >= 0.6 is 0 Å². The van der Waals surface area contributed by atoms with Gasteiger partial charge in [-0.1, -0.05) is 44.9 Å². The number of rotatable bonds is 9. The van der Waals surface area contributed by atoms with E-state index in [2.05, 4.69) is 11.9 Å². The predicted octanol–water partition coefficient (Wildman–Crippen LogP) is 4.48. The molecule has 2 aromatic rings.